The van der Waals surface area contributed by atoms with Gasteiger partial charge in [0.1, 0.15) is 0 Å². The van der Waals surface area contributed by atoms with E-state index in [1.807, 2.05) is 6.08 Å². The van der Waals surface area contributed by atoms with E-state index in [2.05, 4.69) is 11.5 Å². The zero-order chi connectivity index (χ0) is 7.68. The van der Waals surface area contributed by atoms with Gasteiger partial charge in [0.15, 0.2) is 0 Å². The highest BCUT2D eigenvalue weighted by Crippen LogP contribution is 2.34. The number of hydrogen-bond donors (Lipinski definition) is 0. The Morgan fingerprint density at radius 1 is 1.27 bits per heavy atom. The maximum atomic E-state index is 3.80. The van der Waals surface area contributed by atoms with E-state index >= 15 is 0 Å². The lowest BCUT2D eigenvalue weighted by atomic mass is 9.80. The van der Waals surface area contributed by atoms with Crippen LogP contribution >= 0.6 is 0 Å². The van der Waals surface area contributed by atoms with E-state index in [-0.39, 0.29) is 0 Å². The highest BCUT2D eigenvalue weighted by Gasteiger charge is 2.32. The van der Waals surface area contributed by atoms with Crippen molar-refractivity contribution in [3.63, 3.8) is 0 Å². The van der Waals surface area contributed by atoms with Crippen LogP contribution in [-0.4, -0.2) is 24.0 Å². The Kier molecular flexibility index (Phi) is 1.99. The van der Waals surface area contributed by atoms with Gasteiger partial charge in [-0.1, -0.05) is 6.08 Å². The molecule has 0 aromatic heterocycles. The summed E-state index contributed by atoms with van der Waals surface area (Å²) >= 11 is 0. The summed E-state index contributed by atoms with van der Waals surface area (Å²) in [6.45, 7) is 6.25. The maximum absolute atomic E-state index is 3.80. The van der Waals surface area contributed by atoms with E-state index < -0.39 is 0 Å². The molecule has 11 heavy (non-hydrogen) atoms. The molecule has 0 N–H and O–H groups in total. The van der Waals surface area contributed by atoms with Crippen molar-refractivity contribution < 1.29 is 0 Å². The molecule has 3 fully saturated rings. The van der Waals surface area contributed by atoms with Crippen molar-refractivity contribution in [1.29, 1.82) is 0 Å². The molecule has 0 unspecified atom stereocenters. The minimum atomic E-state index is 0.901. The quantitative estimate of drug-likeness (QED) is 0.546. The summed E-state index contributed by atoms with van der Waals surface area (Å²) in [4.78, 5) is 2.60. The van der Waals surface area contributed by atoms with Gasteiger partial charge in [-0.15, -0.1) is 6.58 Å². The zero-order valence-corrected chi connectivity index (χ0v) is 7.13. The summed E-state index contributed by atoms with van der Waals surface area (Å²) in [6, 6.07) is 0.901. The van der Waals surface area contributed by atoms with Crippen LogP contribution < -0.4 is 0 Å². The molecule has 2 bridgehead atoms. The van der Waals surface area contributed by atoms with Crippen molar-refractivity contribution in [3.05, 3.63) is 12.7 Å². The van der Waals surface area contributed by atoms with E-state index in [0.29, 0.717) is 0 Å². The zero-order valence-electron chi connectivity index (χ0n) is 7.13. The van der Waals surface area contributed by atoms with E-state index in [0.717, 1.165) is 18.5 Å². The van der Waals surface area contributed by atoms with Gasteiger partial charge in [-0.2, -0.15) is 0 Å². The highest BCUT2D eigenvalue weighted by atomic mass is 15.2. The van der Waals surface area contributed by atoms with Crippen LogP contribution in [0.5, 0.6) is 0 Å². The van der Waals surface area contributed by atoms with Crippen molar-refractivity contribution in [3.8, 4) is 0 Å². The molecule has 1 heteroatoms. The van der Waals surface area contributed by atoms with Crippen LogP contribution in [0.1, 0.15) is 25.7 Å². The molecule has 1 aliphatic carbocycles. The molecule has 0 atom stereocenters. The molecule has 2 saturated heterocycles. The fourth-order valence-corrected chi connectivity index (χ4v) is 2.56. The highest BCUT2D eigenvalue weighted by molar-refractivity contribution is 4.90. The topological polar surface area (TPSA) is 3.24 Å². The summed E-state index contributed by atoms with van der Waals surface area (Å²) < 4.78 is 0. The second kappa shape index (κ2) is 2.98. The van der Waals surface area contributed by atoms with Gasteiger partial charge in [0.25, 0.3) is 0 Å². The predicted octanol–water partition coefficient (Wildman–Crippen LogP) is 2.05. The first-order valence-electron chi connectivity index (χ1n) is 4.75. The molecule has 3 rings (SSSR count). The average molecular weight is 151 g/mol. The van der Waals surface area contributed by atoms with Crippen LogP contribution in [0.3, 0.4) is 0 Å². The molecule has 0 aromatic rings. The SMILES string of the molecule is C=CCN1CC2CCC1CC2. The van der Waals surface area contributed by atoms with Crippen LogP contribution in [0.15, 0.2) is 12.7 Å². The van der Waals surface area contributed by atoms with Crippen LogP contribution in [0.4, 0.5) is 0 Å². The fourth-order valence-electron chi connectivity index (χ4n) is 2.56. The Morgan fingerprint density at radius 2 is 2.00 bits per heavy atom. The predicted molar refractivity (Wildman–Crippen MR) is 47.5 cm³/mol. The summed E-state index contributed by atoms with van der Waals surface area (Å²) in [7, 11) is 0. The fraction of sp³-hybridized carbons (Fsp3) is 0.800. The third kappa shape index (κ3) is 1.34. The first-order chi connectivity index (χ1) is 5.40. The van der Waals surface area contributed by atoms with Gasteiger partial charge in [0.05, 0.1) is 0 Å². The van der Waals surface area contributed by atoms with E-state index in [1.54, 1.807) is 0 Å². The molecule has 3 aliphatic rings. The number of piperidine rings is 2. The van der Waals surface area contributed by atoms with Crippen molar-refractivity contribution in [2.45, 2.75) is 31.7 Å². The number of rotatable bonds is 2. The van der Waals surface area contributed by atoms with Gasteiger partial charge < -0.3 is 0 Å². The molecular formula is C10H17N. The summed E-state index contributed by atoms with van der Waals surface area (Å²) in [5, 5.41) is 0. The van der Waals surface area contributed by atoms with Crippen molar-refractivity contribution in [1.82, 2.24) is 4.90 Å². The van der Waals surface area contributed by atoms with Gasteiger partial charge in [-0.25, -0.2) is 0 Å². The molecule has 0 radical (unpaired) electrons. The van der Waals surface area contributed by atoms with Crippen LogP contribution in [0.2, 0.25) is 0 Å². The monoisotopic (exact) mass is 151 g/mol. The van der Waals surface area contributed by atoms with Crippen LogP contribution in [-0.2, 0) is 0 Å². The Hall–Kier alpha value is -0.300. The standard InChI is InChI=1S/C10H17N/c1-2-7-11-8-9-3-5-10(11)6-4-9/h2,9-10H,1,3-8H2. The molecule has 0 amide bonds. The van der Waals surface area contributed by atoms with Crippen LogP contribution in [0, 0.1) is 5.92 Å². The molecular weight excluding hydrogens is 134 g/mol. The van der Waals surface area contributed by atoms with Crippen molar-refractivity contribution >= 4 is 0 Å². The lowest BCUT2D eigenvalue weighted by Gasteiger charge is -2.44. The molecule has 0 aromatic carbocycles. The Labute approximate surface area is 69.1 Å². The van der Waals surface area contributed by atoms with Gasteiger partial charge in [-0.05, 0) is 31.6 Å². The Morgan fingerprint density at radius 3 is 2.45 bits per heavy atom. The second-order valence-electron chi connectivity index (χ2n) is 3.92. The smallest absolute Gasteiger partial charge is 0.0163 e. The molecule has 62 valence electrons. The lowest BCUT2D eigenvalue weighted by molar-refractivity contribution is 0.0595. The van der Waals surface area contributed by atoms with Gasteiger partial charge in [0, 0.05) is 19.1 Å². The number of nitrogens with zero attached hydrogens (tertiary/aromatic N) is 1. The summed E-state index contributed by atoms with van der Waals surface area (Å²) in [5.74, 6) is 1.01. The third-order valence-electron chi connectivity index (χ3n) is 3.19. The van der Waals surface area contributed by atoms with Gasteiger partial charge in [0.2, 0.25) is 0 Å². The second-order valence-corrected chi connectivity index (χ2v) is 3.92. The van der Waals surface area contributed by atoms with Crippen molar-refractivity contribution in [2.75, 3.05) is 13.1 Å². The largest absolute Gasteiger partial charge is 0.296 e. The first kappa shape index (κ1) is 7.35. The summed E-state index contributed by atoms with van der Waals surface area (Å²) in [6.07, 6.45) is 7.90. The third-order valence-corrected chi connectivity index (χ3v) is 3.19. The van der Waals surface area contributed by atoms with Gasteiger partial charge >= 0.3 is 0 Å². The maximum Gasteiger partial charge on any atom is 0.0163 e. The molecule has 2 heterocycles. The Balaban J connectivity index is 1.97. The first-order valence-corrected chi connectivity index (χ1v) is 4.75. The lowest BCUT2D eigenvalue weighted by Crippen LogP contribution is -2.47. The average Bonchev–Trinajstić information content (AvgIpc) is 2.07. The minimum absolute atomic E-state index is 0.901. The molecule has 0 spiro atoms. The van der Waals surface area contributed by atoms with Crippen LogP contribution in [0.25, 0.3) is 0 Å². The summed E-state index contributed by atoms with van der Waals surface area (Å²) in [5.41, 5.74) is 0. The number of hydrogen-bond acceptors (Lipinski definition) is 1. The molecule has 1 saturated carbocycles. The van der Waals surface area contributed by atoms with Gasteiger partial charge in [-0.3, -0.25) is 4.90 Å². The van der Waals surface area contributed by atoms with E-state index in [4.69, 9.17) is 0 Å². The van der Waals surface area contributed by atoms with Crippen molar-refractivity contribution in [2.24, 2.45) is 5.92 Å². The molecule has 1 nitrogen and oxygen atoms in total. The minimum Gasteiger partial charge on any atom is -0.296 e. The van der Waals surface area contributed by atoms with E-state index in [1.165, 1.54) is 32.2 Å². The number of fused-ring (bicyclic) bond motifs is 3. The van der Waals surface area contributed by atoms with E-state index in [9.17, 15) is 0 Å². The molecule has 2 aliphatic heterocycles. The Bertz CT molecular complexity index is 145. The normalized spacial score (nSPS) is 37.5.